The molecule has 0 unspecified atom stereocenters. The van der Waals surface area contributed by atoms with Crippen molar-refractivity contribution in [2.45, 2.75) is 33.3 Å². The van der Waals surface area contributed by atoms with Crippen molar-refractivity contribution in [3.05, 3.63) is 35.4 Å². The third-order valence-corrected chi connectivity index (χ3v) is 2.86. The molecule has 0 spiro atoms. The van der Waals surface area contributed by atoms with E-state index in [9.17, 15) is 9.59 Å². The van der Waals surface area contributed by atoms with E-state index in [-0.39, 0.29) is 19.8 Å². The minimum Gasteiger partial charge on any atom is -0.491 e. The summed E-state index contributed by atoms with van der Waals surface area (Å²) in [6, 6.07) is 6.89. The second-order valence-electron chi connectivity index (χ2n) is 6.23. The molecule has 26 heavy (non-hydrogen) atoms. The summed E-state index contributed by atoms with van der Waals surface area (Å²) in [7, 11) is 0. The fourth-order valence-electron chi connectivity index (χ4n) is 1.84. The predicted octanol–water partition coefficient (Wildman–Crippen LogP) is 3.04. The van der Waals surface area contributed by atoms with Crippen LogP contribution in [0.25, 0.3) is 6.08 Å². The van der Waals surface area contributed by atoms with Crippen molar-refractivity contribution in [2.75, 3.05) is 19.8 Å². The van der Waals surface area contributed by atoms with Gasteiger partial charge in [-0.15, -0.1) is 0 Å². The molecule has 0 aliphatic carbocycles. The summed E-state index contributed by atoms with van der Waals surface area (Å²) >= 11 is 0. The number of hydrogen-bond donors (Lipinski definition) is 1. The lowest BCUT2D eigenvalue weighted by atomic mass is 10.1. The number of benzene rings is 1. The number of amides is 1. The molecular formula is C19H24N2O5. The SMILES string of the molecule is CCOC(=O)C=Cc1ccc(C#N)cc1OCCNC(=O)OC(C)(C)C. The normalized spacial score (nSPS) is 10.9. The summed E-state index contributed by atoms with van der Waals surface area (Å²) in [6.45, 7) is 7.74. The zero-order chi connectivity index (χ0) is 19.6. The molecule has 1 rings (SSSR count). The average molecular weight is 360 g/mol. The Morgan fingerprint density at radius 1 is 1.31 bits per heavy atom. The van der Waals surface area contributed by atoms with Crippen LogP contribution in [0.2, 0.25) is 0 Å². The van der Waals surface area contributed by atoms with E-state index in [1.807, 2.05) is 6.07 Å². The molecule has 0 fully saturated rings. The summed E-state index contributed by atoms with van der Waals surface area (Å²) in [6.07, 6.45) is 2.31. The van der Waals surface area contributed by atoms with Crippen LogP contribution >= 0.6 is 0 Å². The van der Waals surface area contributed by atoms with Crippen molar-refractivity contribution >= 4 is 18.1 Å². The third kappa shape index (κ3) is 8.20. The molecule has 0 aliphatic rings. The number of carbonyl (C=O) groups excluding carboxylic acids is 2. The Kier molecular flexibility index (Phi) is 8.16. The van der Waals surface area contributed by atoms with Crippen LogP contribution in [0.1, 0.15) is 38.8 Å². The topological polar surface area (TPSA) is 97.7 Å². The maximum absolute atomic E-state index is 11.6. The van der Waals surface area contributed by atoms with Crippen molar-refractivity contribution in [2.24, 2.45) is 0 Å². The van der Waals surface area contributed by atoms with Gasteiger partial charge in [0.2, 0.25) is 0 Å². The molecule has 7 heteroatoms. The summed E-state index contributed by atoms with van der Waals surface area (Å²) in [5.74, 6) is -0.0370. The Balaban J connectivity index is 2.68. The van der Waals surface area contributed by atoms with Gasteiger partial charge in [-0.05, 0) is 52.0 Å². The molecular weight excluding hydrogens is 336 g/mol. The number of rotatable bonds is 7. The Labute approximate surface area is 153 Å². The number of nitrogens with zero attached hydrogens (tertiary/aromatic N) is 1. The fourth-order valence-corrected chi connectivity index (χ4v) is 1.84. The molecule has 0 aliphatic heterocycles. The van der Waals surface area contributed by atoms with Gasteiger partial charge < -0.3 is 19.5 Å². The highest BCUT2D eigenvalue weighted by atomic mass is 16.6. The van der Waals surface area contributed by atoms with E-state index in [0.29, 0.717) is 16.9 Å². The second kappa shape index (κ2) is 10.1. The van der Waals surface area contributed by atoms with Gasteiger partial charge in [0, 0.05) is 11.6 Å². The van der Waals surface area contributed by atoms with E-state index in [1.54, 1.807) is 52.0 Å². The van der Waals surface area contributed by atoms with Crippen LogP contribution in [-0.2, 0) is 14.3 Å². The Hall–Kier alpha value is -3.01. The number of carbonyl (C=O) groups is 2. The third-order valence-electron chi connectivity index (χ3n) is 2.86. The molecule has 0 aromatic heterocycles. The van der Waals surface area contributed by atoms with Gasteiger partial charge in [-0.3, -0.25) is 0 Å². The number of alkyl carbamates (subject to hydrolysis) is 1. The molecule has 0 saturated carbocycles. The van der Waals surface area contributed by atoms with E-state index in [0.717, 1.165) is 0 Å². The number of ether oxygens (including phenoxy) is 3. The lowest BCUT2D eigenvalue weighted by Gasteiger charge is -2.19. The monoisotopic (exact) mass is 360 g/mol. The highest BCUT2D eigenvalue weighted by Gasteiger charge is 2.15. The van der Waals surface area contributed by atoms with Crippen LogP contribution < -0.4 is 10.1 Å². The first-order valence-corrected chi connectivity index (χ1v) is 8.24. The van der Waals surface area contributed by atoms with Crippen molar-refractivity contribution in [3.8, 4) is 11.8 Å². The van der Waals surface area contributed by atoms with Crippen LogP contribution in [0, 0.1) is 11.3 Å². The van der Waals surface area contributed by atoms with E-state index >= 15 is 0 Å². The zero-order valence-electron chi connectivity index (χ0n) is 15.5. The van der Waals surface area contributed by atoms with Crippen LogP contribution in [0.5, 0.6) is 5.75 Å². The predicted molar refractivity (Wildman–Crippen MR) is 96.6 cm³/mol. The van der Waals surface area contributed by atoms with Crippen LogP contribution in [0.4, 0.5) is 4.79 Å². The van der Waals surface area contributed by atoms with Gasteiger partial charge in [-0.25, -0.2) is 9.59 Å². The van der Waals surface area contributed by atoms with Crippen LogP contribution in [0.15, 0.2) is 24.3 Å². The van der Waals surface area contributed by atoms with Gasteiger partial charge in [0.25, 0.3) is 0 Å². The molecule has 0 heterocycles. The Bertz CT molecular complexity index is 699. The number of nitrogens with one attached hydrogen (secondary N) is 1. The molecule has 1 aromatic carbocycles. The number of nitriles is 1. The highest BCUT2D eigenvalue weighted by molar-refractivity contribution is 5.87. The summed E-state index contributed by atoms with van der Waals surface area (Å²) in [5.41, 5.74) is 0.472. The summed E-state index contributed by atoms with van der Waals surface area (Å²) in [4.78, 5) is 23.0. The number of esters is 1. The van der Waals surface area contributed by atoms with Gasteiger partial charge in [-0.2, -0.15) is 5.26 Å². The molecule has 1 N–H and O–H groups in total. The molecule has 1 aromatic rings. The van der Waals surface area contributed by atoms with Gasteiger partial charge in [0.05, 0.1) is 24.8 Å². The molecule has 0 saturated heterocycles. The summed E-state index contributed by atoms with van der Waals surface area (Å²) < 4.78 is 15.6. The molecule has 1 amide bonds. The summed E-state index contributed by atoms with van der Waals surface area (Å²) in [5, 5.41) is 11.6. The van der Waals surface area contributed by atoms with E-state index in [1.165, 1.54) is 6.08 Å². The van der Waals surface area contributed by atoms with Crippen LogP contribution in [-0.4, -0.2) is 37.4 Å². The minimum atomic E-state index is -0.572. The molecule has 0 radical (unpaired) electrons. The quantitative estimate of drug-likeness (QED) is 0.456. The molecule has 140 valence electrons. The van der Waals surface area contributed by atoms with Crippen LogP contribution in [0.3, 0.4) is 0 Å². The maximum atomic E-state index is 11.6. The second-order valence-corrected chi connectivity index (χ2v) is 6.23. The highest BCUT2D eigenvalue weighted by Crippen LogP contribution is 2.22. The van der Waals surface area contributed by atoms with Gasteiger partial charge in [0.15, 0.2) is 0 Å². The fraction of sp³-hybridized carbons (Fsp3) is 0.421. The first-order chi connectivity index (χ1) is 12.2. The van der Waals surface area contributed by atoms with E-state index in [2.05, 4.69) is 5.32 Å². The molecule has 0 atom stereocenters. The Morgan fingerprint density at radius 2 is 2.04 bits per heavy atom. The van der Waals surface area contributed by atoms with Crippen molar-refractivity contribution in [3.63, 3.8) is 0 Å². The Morgan fingerprint density at radius 3 is 2.65 bits per heavy atom. The zero-order valence-corrected chi connectivity index (χ0v) is 15.5. The van der Waals surface area contributed by atoms with E-state index in [4.69, 9.17) is 19.5 Å². The van der Waals surface area contributed by atoms with E-state index < -0.39 is 17.7 Å². The van der Waals surface area contributed by atoms with Crippen molar-refractivity contribution < 1.29 is 23.8 Å². The first-order valence-electron chi connectivity index (χ1n) is 8.24. The molecule has 0 bridgehead atoms. The number of hydrogen-bond acceptors (Lipinski definition) is 6. The minimum absolute atomic E-state index is 0.175. The maximum Gasteiger partial charge on any atom is 0.407 e. The van der Waals surface area contributed by atoms with Crippen molar-refractivity contribution in [1.82, 2.24) is 5.32 Å². The lowest BCUT2D eigenvalue weighted by molar-refractivity contribution is -0.137. The lowest BCUT2D eigenvalue weighted by Crippen LogP contribution is -2.34. The smallest absolute Gasteiger partial charge is 0.407 e. The molecule has 7 nitrogen and oxygen atoms in total. The largest absolute Gasteiger partial charge is 0.491 e. The van der Waals surface area contributed by atoms with Gasteiger partial charge in [0.1, 0.15) is 18.0 Å². The first kappa shape index (κ1) is 21.0. The standard InChI is InChI=1S/C19H24N2O5/c1-5-24-17(22)9-8-15-7-6-14(13-20)12-16(15)25-11-10-21-18(23)26-19(2,3)4/h6-9,12H,5,10-11H2,1-4H3,(H,21,23). The van der Waals surface area contributed by atoms with Gasteiger partial charge in [-0.1, -0.05) is 0 Å². The average Bonchev–Trinajstić information content (AvgIpc) is 2.56. The van der Waals surface area contributed by atoms with Crippen molar-refractivity contribution in [1.29, 1.82) is 5.26 Å². The van der Waals surface area contributed by atoms with Gasteiger partial charge >= 0.3 is 12.1 Å².